The van der Waals surface area contributed by atoms with Crippen LogP contribution >= 0.6 is 0 Å². The molecule has 0 radical (unpaired) electrons. The van der Waals surface area contributed by atoms with E-state index in [0.29, 0.717) is 0 Å². The molecule has 0 saturated heterocycles. The highest BCUT2D eigenvalue weighted by atomic mass is 16.5. The standard InChI is InChI=1S/C21H18O/c1-2-8-16(9-3-1)18-12-4-5-13-19(18)20-14-6-10-17-11-7-15-22-21(17)20/h1-6,8-10,12-14H,7,11,15H2. The quantitative estimate of drug-likeness (QED) is 0.617. The van der Waals surface area contributed by atoms with Gasteiger partial charge in [-0.3, -0.25) is 0 Å². The first-order valence-corrected chi connectivity index (χ1v) is 7.83. The van der Waals surface area contributed by atoms with Gasteiger partial charge in [-0.05, 0) is 35.1 Å². The molecule has 4 rings (SSSR count). The van der Waals surface area contributed by atoms with Crippen molar-refractivity contribution in [3.8, 4) is 28.0 Å². The highest BCUT2D eigenvalue weighted by Gasteiger charge is 2.17. The molecule has 0 bridgehead atoms. The minimum atomic E-state index is 0.817. The molecular formula is C21H18O. The maximum absolute atomic E-state index is 6.00. The zero-order chi connectivity index (χ0) is 14.8. The van der Waals surface area contributed by atoms with E-state index >= 15 is 0 Å². The normalized spacial score (nSPS) is 13.3. The molecule has 1 aliphatic rings. The number of hydrogen-bond donors (Lipinski definition) is 0. The maximum Gasteiger partial charge on any atom is 0.130 e. The van der Waals surface area contributed by atoms with E-state index in [-0.39, 0.29) is 0 Å². The summed E-state index contributed by atoms with van der Waals surface area (Å²) in [6.45, 7) is 0.817. The Morgan fingerprint density at radius 1 is 0.636 bits per heavy atom. The lowest BCUT2D eigenvalue weighted by atomic mass is 9.91. The molecule has 0 atom stereocenters. The Morgan fingerprint density at radius 2 is 1.36 bits per heavy atom. The summed E-state index contributed by atoms with van der Waals surface area (Å²) < 4.78 is 6.00. The molecule has 0 spiro atoms. The van der Waals surface area contributed by atoms with Crippen LogP contribution in [-0.4, -0.2) is 6.61 Å². The van der Waals surface area contributed by atoms with Gasteiger partial charge in [-0.25, -0.2) is 0 Å². The molecule has 108 valence electrons. The van der Waals surface area contributed by atoms with Crippen molar-refractivity contribution in [1.82, 2.24) is 0 Å². The van der Waals surface area contributed by atoms with E-state index in [2.05, 4.69) is 72.8 Å². The number of ether oxygens (including phenoxy) is 1. The summed E-state index contributed by atoms with van der Waals surface area (Å²) >= 11 is 0. The van der Waals surface area contributed by atoms with Gasteiger partial charge in [0.05, 0.1) is 6.61 Å². The predicted octanol–water partition coefficient (Wildman–Crippen LogP) is 5.35. The van der Waals surface area contributed by atoms with Crippen LogP contribution in [0.25, 0.3) is 22.3 Å². The third kappa shape index (κ3) is 2.29. The van der Waals surface area contributed by atoms with Gasteiger partial charge in [0.25, 0.3) is 0 Å². The zero-order valence-electron chi connectivity index (χ0n) is 12.5. The smallest absolute Gasteiger partial charge is 0.130 e. The summed E-state index contributed by atoms with van der Waals surface area (Å²) in [4.78, 5) is 0. The largest absolute Gasteiger partial charge is 0.493 e. The average molecular weight is 286 g/mol. The minimum Gasteiger partial charge on any atom is -0.493 e. The van der Waals surface area contributed by atoms with Crippen molar-refractivity contribution in [2.24, 2.45) is 0 Å². The zero-order valence-corrected chi connectivity index (χ0v) is 12.5. The molecule has 1 heteroatoms. The Kier molecular flexibility index (Phi) is 3.40. The first-order valence-electron chi connectivity index (χ1n) is 7.83. The second-order valence-electron chi connectivity index (χ2n) is 5.66. The summed E-state index contributed by atoms with van der Waals surface area (Å²) in [6.07, 6.45) is 2.22. The second-order valence-corrected chi connectivity index (χ2v) is 5.66. The fraction of sp³-hybridized carbons (Fsp3) is 0.143. The molecular weight excluding hydrogens is 268 g/mol. The van der Waals surface area contributed by atoms with E-state index < -0.39 is 0 Å². The predicted molar refractivity (Wildman–Crippen MR) is 91.1 cm³/mol. The number of para-hydroxylation sites is 1. The topological polar surface area (TPSA) is 9.23 Å². The van der Waals surface area contributed by atoms with Crippen molar-refractivity contribution >= 4 is 0 Å². The SMILES string of the molecule is c1ccc(-c2ccccc2-c2cccc3c2OCCC3)cc1. The Hall–Kier alpha value is -2.54. The van der Waals surface area contributed by atoms with Crippen molar-refractivity contribution in [2.45, 2.75) is 12.8 Å². The van der Waals surface area contributed by atoms with E-state index in [1.165, 1.54) is 27.8 Å². The molecule has 3 aromatic carbocycles. The molecule has 1 nitrogen and oxygen atoms in total. The third-order valence-corrected chi connectivity index (χ3v) is 4.24. The third-order valence-electron chi connectivity index (χ3n) is 4.24. The van der Waals surface area contributed by atoms with Crippen molar-refractivity contribution < 1.29 is 4.74 Å². The van der Waals surface area contributed by atoms with Gasteiger partial charge in [0.2, 0.25) is 0 Å². The van der Waals surface area contributed by atoms with Gasteiger partial charge in [-0.15, -0.1) is 0 Å². The highest BCUT2D eigenvalue weighted by Crippen LogP contribution is 2.40. The van der Waals surface area contributed by atoms with Crippen molar-refractivity contribution in [3.63, 3.8) is 0 Å². The number of aryl methyl sites for hydroxylation is 1. The molecule has 0 saturated carbocycles. The van der Waals surface area contributed by atoms with E-state index in [4.69, 9.17) is 4.74 Å². The van der Waals surface area contributed by atoms with Crippen LogP contribution in [0.2, 0.25) is 0 Å². The van der Waals surface area contributed by atoms with Gasteiger partial charge in [0.1, 0.15) is 5.75 Å². The number of rotatable bonds is 2. The van der Waals surface area contributed by atoms with Crippen LogP contribution in [0.1, 0.15) is 12.0 Å². The van der Waals surface area contributed by atoms with Gasteiger partial charge in [-0.2, -0.15) is 0 Å². The van der Waals surface area contributed by atoms with Crippen molar-refractivity contribution in [1.29, 1.82) is 0 Å². The van der Waals surface area contributed by atoms with E-state index in [1.54, 1.807) is 0 Å². The minimum absolute atomic E-state index is 0.817. The molecule has 0 fully saturated rings. The van der Waals surface area contributed by atoms with Crippen LogP contribution in [-0.2, 0) is 6.42 Å². The van der Waals surface area contributed by atoms with Gasteiger partial charge in [0, 0.05) is 5.56 Å². The summed E-state index contributed by atoms with van der Waals surface area (Å²) in [5.41, 5.74) is 6.27. The van der Waals surface area contributed by atoms with Crippen LogP contribution in [0, 0.1) is 0 Å². The molecule has 0 aliphatic carbocycles. The van der Waals surface area contributed by atoms with Gasteiger partial charge in [-0.1, -0.05) is 72.8 Å². The second kappa shape index (κ2) is 5.69. The lowest BCUT2D eigenvalue weighted by molar-refractivity contribution is 0.289. The van der Waals surface area contributed by atoms with Gasteiger partial charge in [0.15, 0.2) is 0 Å². The van der Waals surface area contributed by atoms with E-state index in [1.807, 2.05) is 0 Å². The van der Waals surface area contributed by atoms with Crippen LogP contribution < -0.4 is 4.74 Å². The van der Waals surface area contributed by atoms with E-state index in [9.17, 15) is 0 Å². The molecule has 22 heavy (non-hydrogen) atoms. The lowest BCUT2D eigenvalue weighted by Crippen LogP contribution is -2.09. The monoisotopic (exact) mass is 286 g/mol. The first kappa shape index (κ1) is 13.1. The summed E-state index contributed by atoms with van der Waals surface area (Å²) in [7, 11) is 0. The summed E-state index contributed by atoms with van der Waals surface area (Å²) in [5.74, 6) is 1.07. The fourth-order valence-corrected chi connectivity index (χ4v) is 3.19. The Morgan fingerprint density at radius 3 is 2.23 bits per heavy atom. The van der Waals surface area contributed by atoms with Crippen LogP contribution in [0.4, 0.5) is 0 Å². The molecule has 1 aliphatic heterocycles. The van der Waals surface area contributed by atoms with Crippen molar-refractivity contribution in [2.75, 3.05) is 6.61 Å². The Bertz CT molecular complexity index is 790. The fourth-order valence-electron chi connectivity index (χ4n) is 3.19. The summed E-state index contributed by atoms with van der Waals surface area (Å²) in [5, 5.41) is 0. The average Bonchev–Trinajstić information content (AvgIpc) is 2.62. The summed E-state index contributed by atoms with van der Waals surface area (Å²) in [6, 6.07) is 25.6. The van der Waals surface area contributed by atoms with Crippen LogP contribution in [0.15, 0.2) is 72.8 Å². The Labute approximate surface area is 131 Å². The van der Waals surface area contributed by atoms with Crippen molar-refractivity contribution in [3.05, 3.63) is 78.4 Å². The van der Waals surface area contributed by atoms with Gasteiger partial charge < -0.3 is 4.74 Å². The number of benzene rings is 3. The first-order chi connectivity index (χ1) is 10.9. The number of hydrogen-bond acceptors (Lipinski definition) is 1. The molecule has 0 N–H and O–H groups in total. The van der Waals surface area contributed by atoms with Crippen LogP contribution in [0.5, 0.6) is 5.75 Å². The van der Waals surface area contributed by atoms with Crippen LogP contribution in [0.3, 0.4) is 0 Å². The maximum atomic E-state index is 6.00. The van der Waals surface area contributed by atoms with E-state index in [0.717, 1.165) is 25.2 Å². The molecule has 0 amide bonds. The lowest BCUT2D eigenvalue weighted by Gasteiger charge is -2.21. The molecule has 0 aromatic heterocycles. The molecule has 1 heterocycles. The molecule has 3 aromatic rings. The van der Waals surface area contributed by atoms with Gasteiger partial charge >= 0.3 is 0 Å². The highest BCUT2D eigenvalue weighted by molar-refractivity contribution is 5.86. The molecule has 0 unspecified atom stereocenters. The number of fused-ring (bicyclic) bond motifs is 1. The Balaban J connectivity index is 1.91.